The second kappa shape index (κ2) is 5.54. The van der Waals surface area contributed by atoms with E-state index in [1.807, 2.05) is 6.07 Å². The van der Waals surface area contributed by atoms with Crippen molar-refractivity contribution in [3.8, 4) is 0 Å². The Labute approximate surface area is 108 Å². The average Bonchev–Trinajstić information content (AvgIpc) is 2.86. The van der Waals surface area contributed by atoms with Gasteiger partial charge in [-0.1, -0.05) is 0 Å². The Morgan fingerprint density at radius 3 is 3.11 bits per heavy atom. The van der Waals surface area contributed by atoms with Gasteiger partial charge in [-0.2, -0.15) is 0 Å². The van der Waals surface area contributed by atoms with Crippen LogP contribution in [0.25, 0.3) is 0 Å². The Bertz CT molecular complexity index is 483. The van der Waals surface area contributed by atoms with Gasteiger partial charge in [-0.25, -0.2) is 14.6 Å². The van der Waals surface area contributed by atoms with Gasteiger partial charge in [-0.15, -0.1) is 11.3 Å². The Kier molecular flexibility index (Phi) is 3.83. The molecule has 0 aromatic carbocycles. The van der Waals surface area contributed by atoms with Crippen LogP contribution in [0.1, 0.15) is 14.5 Å². The number of thiophene rings is 1. The van der Waals surface area contributed by atoms with Crippen molar-refractivity contribution < 1.29 is 19.1 Å². The van der Waals surface area contributed by atoms with Gasteiger partial charge in [0.15, 0.2) is 0 Å². The van der Waals surface area contributed by atoms with E-state index in [1.54, 1.807) is 6.07 Å². The minimum absolute atomic E-state index is 0.343. The first-order valence-electron chi connectivity index (χ1n) is 5.27. The van der Waals surface area contributed by atoms with E-state index in [4.69, 9.17) is 4.74 Å². The summed E-state index contributed by atoms with van der Waals surface area (Å²) < 4.78 is 9.34. The number of carbonyl (C=O) groups excluding carboxylic acids is 2. The summed E-state index contributed by atoms with van der Waals surface area (Å²) in [4.78, 5) is 24.1. The Hall–Kier alpha value is -2.02. The number of hydrogen-bond donors (Lipinski definition) is 1. The number of hydrogen-bond acceptors (Lipinski definition) is 6. The summed E-state index contributed by atoms with van der Waals surface area (Å²) in [7, 11) is 1.35. The maximum absolute atomic E-state index is 11.3. The summed E-state index contributed by atoms with van der Waals surface area (Å²) in [5.41, 5.74) is 2.77. The number of ether oxygens (including phenoxy) is 2. The zero-order valence-corrected chi connectivity index (χ0v) is 10.5. The number of nitrogens with zero attached hydrogens (tertiary/aromatic N) is 1. The van der Waals surface area contributed by atoms with E-state index in [0.717, 1.165) is 4.88 Å². The van der Waals surface area contributed by atoms with Gasteiger partial charge >= 0.3 is 12.1 Å². The summed E-state index contributed by atoms with van der Waals surface area (Å²) in [6, 6.07) is 3.57. The molecule has 6 nitrogen and oxygen atoms in total. The van der Waals surface area contributed by atoms with Crippen LogP contribution < -0.4 is 5.43 Å². The molecule has 1 N–H and O–H groups in total. The van der Waals surface area contributed by atoms with Crippen molar-refractivity contribution in [2.45, 2.75) is 6.42 Å². The fraction of sp³-hybridized carbons (Fsp3) is 0.273. The molecule has 0 spiro atoms. The molecular weight excluding hydrogens is 256 g/mol. The zero-order valence-electron chi connectivity index (χ0n) is 9.71. The SMILES string of the molecule is COC(=O)c1ccc(CCN2NC=COC2=O)s1. The van der Waals surface area contributed by atoms with Gasteiger partial charge in [0.2, 0.25) is 0 Å². The first-order chi connectivity index (χ1) is 8.70. The monoisotopic (exact) mass is 268 g/mol. The molecule has 1 aliphatic heterocycles. The van der Waals surface area contributed by atoms with E-state index in [-0.39, 0.29) is 5.97 Å². The van der Waals surface area contributed by atoms with E-state index >= 15 is 0 Å². The van der Waals surface area contributed by atoms with Gasteiger partial charge in [-0.3, -0.25) is 5.43 Å². The third-order valence-corrected chi connectivity index (χ3v) is 3.44. The number of amides is 1. The van der Waals surface area contributed by atoms with Crippen molar-refractivity contribution in [1.29, 1.82) is 0 Å². The van der Waals surface area contributed by atoms with Crippen LogP contribution in [0.5, 0.6) is 0 Å². The summed E-state index contributed by atoms with van der Waals surface area (Å²) in [5.74, 6) is -0.343. The van der Waals surface area contributed by atoms with E-state index in [2.05, 4.69) is 10.2 Å². The molecule has 0 fully saturated rings. The lowest BCUT2D eigenvalue weighted by atomic mass is 10.3. The van der Waals surface area contributed by atoms with Crippen LogP contribution in [-0.4, -0.2) is 30.7 Å². The highest BCUT2D eigenvalue weighted by Crippen LogP contribution is 2.18. The van der Waals surface area contributed by atoms with Crippen LogP contribution in [-0.2, 0) is 15.9 Å². The highest BCUT2D eigenvalue weighted by atomic mass is 32.1. The average molecular weight is 268 g/mol. The van der Waals surface area contributed by atoms with Crippen LogP contribution in [0, 0.1) is 0 Å². The number of carbonyl (C=O) groups is 2. The molecule has 96 valence electrons. The number of nitrogens with one attached hydrogen (secondary N) is 1. The van der Waals surface area contributed by atoms with Crippen molar-refractivity contribution in [2.75, 3.05) is 13.7 Å². The first-order valence-corrected chi connectivity index (χ1v) is 6.08. The third-order valence-electron chi connectivity index (χ3n) is 2.32. The maximum atomic E-state index is 11.3. The number of methoxy groups -OCH3 is 1. The number of cyclic esters (lactones) is 1. The molecular formula is C11H12N2O4S. The van der Waals surface area contributed by atoms with E-state index in [0.29, 0.717) is 17.8 Å². The normalized spacial score (nSPS) is 14.1. The lowest BCUT2D eigenvalue weighted by Gasteiger charge is -2.23. The third kappa shape index (κ3) is 2.80. The molecule has 1 aliphatic rings. The molecule has 18 heavy (non-hydrogen) atoms. The molecule has 0 bridgehead atoms. The fourth-order valence-electron chi connectivity index (χ4n) is 1.43. The number of hydrazine groups is 1. The molecule has 0 unspecified atom stereocenters. The topological polar surface area (TPSA) is 67.9 Å². The second-order valence-electron chi connectivity index (χ2n) is 3.47. The molecule has 0 saturated heterocycles. The molecule has 0 radical (unpaired) electrons. The predicted molar refractivity (Wildman–Crippen MR) is 64.8 cm³/mol. The Morgan fingerprint density at radius 2 is 2.39 bits per heavy atom. The van der Waals surface area contributed by atoms with Crippen LogP contribution in [0.4, 0.5) is 4.79 Å². The highest BCUT2D eigenvalue weighted by Gasteiger charge is 2.16. The van der Waals surface area contributed by atoms with Crippen molar-refractivity contribution in [1.82, 2.24) is 10.4 Å². The smallest absolute Gasteiger partial charge is 0.433 e. The quantitative estimate of drug-likeness (QED) is 0.838. The molecule has 2 heterocycles. The molecule has 0 saturated carbocycles. The summed E-state index contributed by atoms with van der Waals surface area (Å²) in [6.45, 7) is 0.463. The van der Waals surface area contributed by atoms with Crippen LogP contribution in [0.3, 0.4) is 0 Å². The van der Waals surface area contributed by atoms with Crippen LogP contribution in [0.2, 0.25) is 0 Å². The van der Waals surface area contributed by atoms with Crippen molar-refractivity contribution >= 4 is 23.4 Å². The van der Waals surface area contributed by atoms with Crippen molar-refractivity contribution in [3.05, 3.63) is 34.3 Å². The van der Waals surface area contributed by atoms with Gasteiger partial charge in [0.1, 0.15) is 11.1 Å². The lowest BCUT2D eigenvalue weighted by Crippen LogP contribution is -2.43. The zero-order chi connectivity index (χ0) is 13.0. The molecule has 2 rings (SSSR count). The van der Waals surface area contributed by atoms with Crippen molar-refractivity contribution in [2.24, 2.45) is 0 Å². The van der Waals surface area contributed by atoms with Crippen molar-refractivity contribution in [3.63, 3.8) is 0 Å². The van der Waals surface area contributed by atoms with Gasteiger partial charge in [0, 0.05) is 11.3 Å². The van der Waals surface area contributed by atoms with Crippen LogP contribution >= 0.6 is 11.3 Å². The molecule has 1 aromatic heterocycles. The number of esters is 1. The maximum Gasteiger partial charge on any atom is 0.433 e. The first kappa shape index (κ1) is 12.4. The highest BCUT2D eigenvalue weighted by molar-refractivity contribution is 7.13. The van der Waals surface area contributed by atoms with E-state index in [9.17, 15) is 9.59 Å². The minimum Gasteiger partial charge on any atom is -0.465 e. The largest absolute Gasteiger partial charge is 0.465 e. The molecule has 1 amide bonds. The van der Waals surface area contributed by atoms with Crippen LogP contribution in [0.15, 0.2) is 24.6 Å². The molecule has 0 aliphatic carbocycles. The standard InChI is InChI=1S/C11H12N2O4S/c1-16-10(14)9-3-2-8(18-9)4-6-13-11(15)17-7-5-12-13/h2-3,5,7,12H,4,6H2,1H3. The fourth-order valence-corrected chi connectivity index (χ4v) is 2.34. The molecule has 1 aromatic rings. The van der Waals surface area contributed by atoms with Gasteiger partial charge < -0.3 is 9.47 Å². The summed E-state index contributed by atoms with van der Waals surface area (Å²) in [6.07, 6.45) is 3.02. The van der Waals surface area contributed by atoms with Gasteiger partial charge in [0.05, 0.1) is 19.9 Å². The number of rotatable bonds is 4. The minimum atomic E-state index is -0.442. The Balaban J connectivity index is 1.90. The Morgan fingerprint density at radius 1 is 1.56 bits per heavy atom. The second-order valence-corrected chi connectivity index (χ2v) is 4.64. The predicted octanol–water partition coefficient (Wildman–Crippen LogP) is 1.51. The summed E-state index contributed by atoms with van der Waals surface area (Å²) >= 11 is 1.36. The molecule has 0 atom stereocenters. The summed E-state index contributed by atoms with van der Waals surface area (Å²) in [5, 5.41) is 1.36. The van der Waals surface area contributed by atoms with Gasteiger partial charge in [0.25, 0.3) is 0 Å². The molecule has 7 heteroatoms. The van der Waals surface area contributed by atoms with E-state index < -0.39 is 6.09 Å². The lowest BCUT2D eigenvalue weighted by molar-refractivity contribution is 0.0606. The van der Waals surface area contributed by atoms with Gasteiger partial charge in [-0.05, 0) is 12.1 Å². The van der Waals surface area contributed by atoms with E-state index in [1.165, 1.54) is 35.9 Å².